The number of aldehydes is 1. The molecule has 0 bridgehead atoms. The second-order valence-corrected chi connectivity index (χ2v) is 5.96. The Bertz CT molecular complexity index is 692. The monoisotopic (exact) mass is 328 g/mol. The van der Waals surface area contributed by atoms with Crippen molar-refractivity contribution in [3.8, 4) is 17.2 Å². The molecule has 0 radical (unpaired) electrons. The Balaban J connectivity index is 1.92. The lowest BCUT2D eigenvalue weighted by Crippen LogP contribution is -2.10. The largest absolute Gasteiger partial charge is 0.493 e. The fourth-order valence-corrected chi connectivity index (χ4v) is 2.38. The molecule has 0 saturated heterocycles. The number of hydrogen-bond acceptors (Lipinski definition) is 4. The minimum Gasteiger partial charge on any atom is -0.493 e. The first-order valence-corrected chi connectivity index (χ1v) is 8.04. The zero-order chi connectivity index (χ0) is 17.5. The van der Waals surface area contributed by atoms with Crippen LogP contribution in [0.2, 0.25) is 0 Å². The van der Waals surface area contributed by atoms with Gasteiger partial charge in [0.1, 0.15) is 25.2 Å². The molecule has 0 amide bonds. The van der Waals surface area contributed by atoms with Gasteiger partial charge in [0.05, 0.1) is 7.11 Å². The normalized spacial score (nSPS) is 10.5. The van der Waals surface area contributed by atoms with E-state index in [4.69, 9.17) is 14.2 Å². The average Bonchev–Trinajstić information content (AvgIpc) is 2.58. The molecule has 0 fully saturated rings. The van der Waals surface area contributed by atoms with Gasteiger partial charge in [-0.3, -0.25) is 4.79 Å². The van der Waals surface area contributed by atoms with Crippen LogP contribution in [0.5, 0.6) is 17.2 Å². The fraction of sp³-hybridized carbons (Fsp3) is 0.350. The maximum Gasteiger partial charge on any atom is 0.161 e. The van der Waals surface area contributed by atoms with E-state index >= 15 is 0 Å². The average molecular weight is 328 g/mol. The predicted molar refractivity (Wildman–Crippen MR) is 94.6 cm³/mol. The molecule has 0 spiro atoms. The lowest BCUT2D eigenvalue weighted by atomic mass is 10.0. The Hall–Kier alpha value is -2.49. The lowest BCUT2D eigenvalue weighted by molar-refractivity contribution is 0.112. The summed E-state index contributed by atoms with van der Waals surface area (Å²) in [6, 6.07) is 11.3. The molecule has 0 saturated carbocycles. The molecule has 4 nitrogen and oxygen atoms in total. The van der Waals surface area contributed by atoms with Gasteiger partial charge in [0.15, 0.2) is 11.5 Å². The van der Waals surface area contributed by atoms with E-state index in [0.29, 0.717) is 36.2 Å². The van der Waals surface area contributed by atoms with Crippen LogP contribution in [0.4, 0.5) is 0 Å². The van der Waals surface area contributed by atoms with Gasteiger partial charge < -0.3 is 14.2 Å². The summed E-state index contributed by atoms with van der Waals surface area (Å²) in [5.41, 5.74) is 3.00. The first-order valence-electron chi connectivity index (χ1n) is 8.04. The van der Waals surface area contributed by atoms with Gasteiger partial charge in [-0.2, -0.15) is 0 Å². The molecule has 2 aromatic carbocycles. The molecule has 0 N–H and O–H groups in total. The van der Waals surface area contributed by atoms with Crippen LogP contribution >= 0.6 is 0 Å². The first-order chi connectivity index (χ1) is 11.5. The molecular weight excluding hydrogens is 304 g/mol. The number of methoxy groups -OCH3 is 1. The molecule has 2 aromatic rings. The minimum atomic E-state index is 0.391. The van der Waals surface area contributed by atoms with Gasteiger partial charge in [0.25, 0.3) is 0 Å². The predicted octanol–water partition coefficient (Wildman–Crippen LogP) is 4.40. The second-order valence-electron chi connectivity index (χ2n) is 5.96. The van der Waals surface area contributed by atoms with Crippen molar-refractivity contribution in [3.05, 3.63) is 53.1 Å². The Morgan fingerprint density at radius 1 is 1.00 bits per heavy atom. The summed E-state index contributed by atoms with van der Waals surface area (Å²) in [6.45, 7) is 7.21. The second kappa shape index (κ2) is 8.39. The van der Waals surface area contributed by atoms with Crippen molar-refractivity contribution in [2.24, 2.45) is 0 Å². The SMILES string of the molecule is COc1cc(C=O)ccc1OCCOc1cc(C)cc(C(C)C)c1. The molecule has 0 heterocycles. The van der Waals surface area contributed by atoms with E-state index in [1.807, 2.05) is 6.07 Å². The highest BCUT2D eigenvalue weighted by Gasteiger charge is 2.07. The molecule has 128 valence electrons. The van der Waals surface area contributed by atoms with E-state index in [1.165, 1.54) is 11.1 Å². The van der Waals surface area contributed by atoms with Gasteiger partial charge >= 0.3 is 0 Å². The van der Waals surface area contributed by atoms with Crippen molar-refractivity contribution in [1.29, 1.82) is 0 Å². The third-order valence-electron chi connectivity index (χ3n) is 3.67. The third-order valence-corrected chi connectivity index (χ3v) is 3.67. The highest BCUT2D eigenvalue weighted by Crippen LogP contribution is 2.27. The molecule has 4 heteroatoms. The topological polar surface area (TPSA) is 44.8 Å². The standard InChI is InChI=1S/C20H24O4/c1-14(2)17-9-15(3)10-18(12-17)23-7-8-24-19-6-5-16(13-21)11-20(19)22-4/h5-6,9-14H,7-8H2,1-4H3. The molecule has 0 atom stereocenters. The van der Waals surface area contributed by atoms with Crippen LogP contribution < -0.4 is 14.2 Å². The molecule has 0 aliphatic carbocycles. The Kier molecular flexibility index (Phi) is 6.24. The number of carbonyl (C=O) groups excluding carboxylic acids is 1. The highest BCUT2D eigenvalue weighted by atomic mass is 16.5. The van der Waals surface area contributed by atoms with Crippen LogP contribution in [0.15, 0.2) is 36.4 Å². The Morgan fingerprint density at radius 2 is 1.75 bits per heavy atom. The molecule has 0 aromatic heterocycles. The zero-order valence-corrected chi connectivity index (χ0v) is 14.7. The number of hydrogen-bond donors (Lipinski definition) is 0. The summed E-state index contributed by atoms with van der Waals surface area (Å²) in [5.74, 6) is 2.45. The van der Waals surface area contributed by atoms with Crippen molar-refractivity contribution in [1.82, 2.24) is 0 Å². The van der Waals surface area contributed by atoms with Crippen molar-refractivity contribution < 1.29 is 19.0 Å². The summed E-state index contributed by atoms with van der Waals surface area (Å²) in [6.07, 6.45) is 0.777. The molecule has 0 aliphatic heterocycles. The number of benzene rings is 2. The maximum absolute atomic E-state index is 10.8. The first kappa shape index (κ1) is 17.9. The molecule has 2 rings (SSSR count). The van der Waals surface area contributed by atoms with Crippen LogP contribution in [0, 0.1) is 6.92 Å². The van der Waals surface area contributed by atoms with Gasteiger partial charge in [-0.05, 0) is 54.3 Å². The van der Waals surface area contributed by atoms with E-state index in [1.54, 1.807) is 25.3 Å². The molecule has 24 heavy (non-hydrogen) atoms. The quantitative estimate of drug-likeness (QED) is 0.532. The van der Waals surface area contributed by atoms with E-state index < -0.39 is 0 Å². The zero-order valence-electron chi connectivity index (χ0n) is 14.7. The molecule has 0 aliphatic rings. The Morgan fingerprint density at radius 3 is 2.42 bits per heavy atom. The summed E-state index contributed by atoms with van der Waals surface area (Å²) in [4.78, 5) is 10.8. The van der Waals surface area contributed by atoms with Crippen LogP contribution in [-0.4, -0.2) is 26.6 Å². The van der Waals surface area contributed by atoms with Crippen molar-refractivity contribution in [2.75, 3.05) is 20.3 Å². The number of ether oxygens (including phenoxy) is 3. The van der Waals surface area contributed by atoms with E-state index in [-0.39, 0.29) is 0 Å². The van der Waals surface area contributed by atoms with Gasteiger partial charge in [-0.25, -0.2) is 0 Å². The maximum atomic E-state index is 10.8. The minimum absolute atomic E-state index is 0.391. The van der Waals surface area contributed by atoms with Crippen LogP contribution in [-0.2, 0) is 0 Å². The van der Waals surface area contributed by atoms with Crippen LogP contribution in [0.25, 0.3) is 0 Å². The number of carbonyl (C=O) groups is 1. The van der Waals surface area contributed by atoms with Crippen molar-refractivity contribution >= 4 is 6.29 Å². The molecule has 0 unspecified atom stereocenters. The van der Waals surface area contributed by atoms with Gasteiger partial charge in [0, 0.05) is 5.56 Å². The van der Waals surface area contributed by atoms with E-state index in [2.05, 4.69) is 32.9 Å². The third kappa shape index (κ3) is 4.75. The Labute approximate surface area is 143 Å². The highest BCUT2D eigenvalue weighted by molar-refractivity contribution is 5.76. The number of rotatable bonds is 8. The van der Waals surface area contributed by atoms with E-state index in [9.17, 15) is 4.79 Å². The van der Waals surface area contributed by atoms with Gasteiger partial charge in [-0.1, -0.05) is 19.9 Å². The number of aryl methyl sites for hydroxylation is 1. The van der Waals surface area contributed by atoms with Crippen LogP contribution in [0.3, 0.4) is 0 Å². The van der Waals surface area contributed by atoms with Gasteiger partial charge in [-0.15, -0.1) is 0 Å². The summed E-state index contributed by atoms with van der Waals surface area (Å²) in [5, 5.41) is 0. The lowest BCUT2D eigenvalue weighted by Gasteiger charge is -2.13. The fourth-order valence-electron chi connectivity index (χ4n) is 2.38. The van der Waals surface area contributed by atoms with Crippen molar-refractivity contribution in [3.63, 3.8) is 0 Å². The summed E-state index contributed by atoms with van der Waals surface area (Å²) >= 11 is 0. The van der Waals surface area contributed by atoms with Gasteiger partial charge in [0.2, 0.25) is 0 Å². The summed E-state index contributed by atoms with van der Waals surface area (Å²) < 4.78 is 16.7. The van der Waals surface area contributed by atoms with Crippen LogP contribution in [0.1, 0.15) is 41.3 Å². The smallest absolute Gasteiger partial charge is 0.161 e. The van der Waals surface area contributed by atoms with E-state index in [0.717, 1.165) is 12.0 Å². The molecular formula is C20H24O4. The summed E-state index contributed by atoms with van der Waals surface area (Å²) in [7, 11) is 1.55. The van der Waals surface area contributed by atoms with Crippen molar-refractivity contribution in [2.45, 2.75) is 26.7 Å².